The minimum absolute atomic E-state index is 0.159. The molecule has 2 rings (SSSR count). The molecular weight excluding hydrogens is 286 g/mol. The zero-order chi connectivity index (χ0) is 15.6. The summed E-state index contributed by atoms with van der Waals surface area (Å²) in [4.78, 5) is 36.8. The van der Waals surface area contributed by atoms with Crippen molar-refractivity contribution in [2.24, 2.45) is 5.92 Å². The van der Waals surface area contributed by atoms with Crippen molar-refractivity contribution in [1.82, 2.24) is 9.80 Å². The molecule has 1 aliphatic heterocycles. The summed E-state index contributed by atoms with van der Waals surface area (Å²) in [7, 11) is 0. The van der Waals surface area contributed by atoms with Gasteiger partial charge in [-0.2, -0.15) is 0 Å². The lowest BCUT2D eigenvalue weighted by molar-refractivity contribution is -0.157. The smallest absolute Gasteiger partial charge is 0.394 e. The normalized spacial score (nSPS) is 23.0. The molecule has 0 aromatic heterocycles. The number of alkyl halides is 2. The highest BCUT2D eigenvalue weighted by molar-refractivity contribution is 6.31. The summed E-state index contributed by atoms with van der Waals surface area (Å²) in [5.74, 6) is -5.69. The lowest BCUT2D eigenvalue weighted by Crippen LogP contribution is -2.53. The number of rotatable bonds is 1. The van der Waals surface area contributed by atoms with Gasteiger partial charge in [0.05, 0.1) is 0 Å². The van der Waals surface area contributed by atoms with Crippen molar-refractivity contribution in [2.45, 2.75) is 31.6 Å². The molecule has 1 N–H and O–H groups in total. The van der Waals surface area contributed by atoms with E-state index in [1.807, 2.05) is 0 Å². The van der Waals surface area contributed by atoms with E-state index in [9.17, 15) is 23.2 Å². The van der Waals surface area contributed by atoms with Crippen LogP contribution in [0.15, 0.2) is 0 Å². The average Bonchev–Trinajstić information content (AvgIpc) is 2.46. The van der Waals surface area contributed by atoms with Gasteiger partial charge in [0.2, 0.25) is 11.8 Å². The first-order valence-electron chi connectivity index (χ1n) is 6.99. The van der Waals surface area contributed by atoms with E-state index < -0.39 is 17.8 Å². The lowest BCUT2D eigenvalue weighted by Gasteiger charge is -2.37. The number of nitrogens with zero attached hydrogens (tertiary/aromatic N) is 2. The van der Waals surface area contributed by atoms with Gasteiger partial charge in [0.25, 0.3) is 0 Å². The van der Waals surface area contributed by atoms with Crippen molar-refractivity contribution >= 4 is 17.8 Å². The molecule has 2 fully saturated rings. The van der Waals surface area contributed by atoms with Crippen LogP contribution in [0.2, 0.25) is 0 Å². The third-order valence-electron chi connectivity index (χ3n) is 4.13. The van der Waals surface area contributed by atoms with Crippen LogP contribution >= 0.6 is 0 Å². The third kappa shape index (κ3) is 3.68. The van der Waals surface area contributed by atoms with Crippen molar-refractivity contribution in [3.63, 3.8) is 0 Å². The summed E-state index contributed by atoms with van der Waals surface area (Å²) in [6.07, 6.45) is -0.165. The minimum Gasteiger partial charge on any atom is -0.474 e. The van der Waals surface area contributed by atoms with Crippen LogP contribution in [0.4, 0.5) is 8.78 Å². The highest BCUT2D eigenvalue weighted by Crippen LogP contribution is 2.36. The molecule has 6 nitrogen and oxygen atoms in total. The summed E-state index contributed by atoms with van der Waals surface area (Å²) >= 11 is 0. The SMILES string of the molecule is O=C(O)C(=O)N1CCN(C(=O)C2CCC(F)(F)CC2)CC1. The summed E-state index contributed by atoms with van der Waals surface area (Å²) in [5, 5.41) is 8.62. The Morgan fingerprint density at radius 2 is 1.43 bits per heavy atom. The number of hydrogen-bond donors (Lipinski definition) is 1. The first-order chi connectivity index (χ1) is 9.80. The molecule has 1 heterocycles. The molecule has 1 saturated heterocycles. The van der Waals surface area contributed by atoms with Gasteiger partial charge >= 0.3 is 11.9 Å². The van der Waals surface area contributed by atoms with Crippen LogP contribution in [0.3, 0.4) is 0 Å². The van der Waals surface area contributed by atoms with E-state index in [0.717, 1.165) is 0 Å². The van der Waals surface area contributed by atoms with Crippen LogP contribution in [0.1, 0.15) is 25.7 Å². The summed E-state index contributed by atoms with van der Waals surface area (Å²) in [6, 6.07) is 0. The molecule has 21 heavy (non-hydrogen) atoms. The Morgan fingerprint density at radius 3 is 1.90 bits per heavy atom. The molecule has 1 aliphatic carbocycles. The van der Waals surface area contributed by atoms with Crippen LogP contribution in [-0.4, -0.2) is 64.8 Å². The first-order valence-corrected chi connectivity index (χ1v) is 6.99. The largest absolute Gasteiger partial charge is 0.474 e. The van der Waals surface area contributed by atoms with Crippen LogP contribution < -0.4 is 0 Å². The van der Waals surface area contributed by atoms with E-state index in [1.165, 1.54) is 4.90 Å². The van der Waals surface area contributed by atoms with Crippen molar-refractivity contribution in [2.75, 3.05) is 26.2 Å². The number of carboxylic acid groups (broad SMARTS) is 1. The summed E-state index contributed by atoms with van der Waals surface area (Å²) in [5.41, 5.74) is 0. The Hall–Kier alpha value is -1.73. The maximum Gasteiger partial charge on any atom is 0.394 e. The Kier molecular flexibility index (Phi) is 4.43. The van der Waals surface area contributed by atoms with E-state index >= 15 is 0 Å². The van der Waals surface area contributed by atoms with Gasteiger partial charge in [-0.1, -0.05) is 0 Å². The lowest BCUT2D eigenvalue weighted by atomic mass is 9.86. The van der Waals surface area contributed by atoms with E-state index in [-0.39, 0.29) is 63.7 Å². The number of carbonyl (C=O) groups excluding carboxylic acids is 2. The fraction of sp³-hybridized carbons (Fsp3) is 0.769. The quantitative estimate of drug-likeness (QED) is 0.718. The first kappa shape index (κ1) is 15.7. The molecule has 0 radical (unpaired) electrons. The predicted octanol–water partition coefficient (Wildman–Crippen LogP) is 0.567. The molecular formula is C13H18F2N2O4. The van der Waals surface area contributed by atoms with E-state index in [1.54, 1.807) is 4.90 Å². The summed E-state index contributed by atoms with van der Waals surface area (Å²) in [6.45, 7) is 0.842. The van der Waals surface area contributed by atoms with Crippen molar-refractivity contribution in [3.8, 4) is 0 Å². The van der Waals surface area contributed by atoms with Crippen molar-refractivity contribution in [3.05, 3.63) is 0 Å². The highest BCUT2D eigenvalue weighted by Gasteiger charge is 2.39. The molecule has 118 valence electrons. The second-order valence-electron chi connectivity index (χ2n) is 5.55. The highest BCUT2D eigenvalue weighted by atomic mass is 19.3. The van der Waals surface area contributed by atoms with Gasteiger partial charge in [-0.15, -0.1) is 0 Å². The Morgan fingerprint density at radius 1 is 0.952 bits per heavy atom. The van der Waals surface area contributed by atoms with Gasteiger partial charge < -0.3 is 14.9 Å². The number of amides is 2. The monoisotopic (exact) mass is 304 g/mol. The zero-order valence-electron chi connectivity index (χ0n) is 11.6. The fourth-order valence-electron chi connectivity index (χ4n) is 2.81. The number of halogens is 2. The Bertz CT molecular complexity index is 437. The van der Waals surface area contributed by atoms with E-state index in [2.05, 4.69) is 0 Å². The molecule has 0 atom stereocenters. The Balaban J connectivity index is 1.84. The summed E-state index contributed by atoms with van der Waals surface area (Å²) < 4.78 is 26.1. The fourth-order valence-corrected chi connectivity index (χ4v) is 2.81. The number of aliphatic carboxylic acids is 1. The number of piperazine rings is 1. The molecule has 0 bridgehead atoms. The molecule has 1 saturated carbocycles. The minimum atomic E-state index is -2.66. The van der Waals surface area contributed by atoms with Gasteiger partial charge in [0.1, 0.15) is 0 Å². The average molecular weight is 304 g/mol. The van der Waals surface area contributed by atoms with Gasteiger partial charge in [0.15, 0.2) is 0 Å². The maximum absolute atomic E-state index is 13.1. The molecule has 0 unspecified atom stereocenters. The molecule has 0 spiro atoms. The zero-order valence-corrected chi connectivity index (χ0v) is 11.6. The molecule has 0 aromatic carbocycles. The standard InChI is InChI=1S/C13H18F2N2O4/c14-13(15)3-1-9(2-4-13)10(18)16-5-7-17(8-6-16)11(19)12(20)21/h9H,1-8H2,(H,20,21). The number of carboxylic acids is 1. The Labute approximate surface area is 120 Å². The van der Waals surface area contributed by atoms with Crippen LogP contribution in [0, 0.1) is 5.92 Å². The number of hydrogen-bond acceptors (Lipinski definition) is 3. The third-order valence-corrected chi connectivity index (χ3v) is 4.13. The molecule has 0 aromatic rings. The second kappa shape index (κ2) is 5.95. The molecule has 2 aliphatic rings. The van der Waals surface area contributed by atoms with Gasteiger partial charge in [0, 0.05) is 44.9 Å². The van der Waals surface area contributed by atoms with E-state index in [4.69, 9.17) is 5.11 Å². The molecule has 2 amide bonds. The van der Waals surface area contributed by atoms with Gasteiger partial charge in [-0.3, -0.25) is 9.59 Å². The second-order valence-corrected chi connectivity index (χ2v) is 5.55. The molecule has 8 heteroatoms. The van der Waals surface area contributed by atoms with E-state index in [0.29, 0.717) is 0 Å². The topological polar surface area (TPSA) is 77.9 Å². The van der Waals surface area contributed by atoms with Gasteiger partial charge in [-0.25, -0.2) is 13.6 Å². The maximum atomic E-state index is 13.1. The van der Waals surface area contributed by atoms with Crippen LogP contribution in [0.5, 0.6) is 0 Å². The predicted molar refractivity (Wildman–Crippen MR) is 67.7 cm³/mol. The van der Waals surface area contributed by atoms with Crippen LogP contribution in [-0.2, 0) is 14.4 Å². The van der Waals surface area contributed by atoms with Gasteiger partial charge in [-0.05, 0) is 12.8 Å². The van der Waals surface area contributed by atoms with Crippen LogP contribution in [0.25, 0.3) is 0 Å². The van der Waals surface area contributed by atoms with Crippen molar-refractivity contribution < 1.29 is 28.3 Å². The van der Waals surface area contributed by atoms with Crippen molar-refractivity contribution in [1.29, 1.82) is 0 Å². The number of carbonyl (C=O) groups is 3.